The summed E-state index contributed by atoms with van der Waals surface area (Å²) in [5.74, 6) is 0. The van der Waals surface area contributed by atoms with Crippen LogP contribution in [0, 0.1) is 0 Å². The molecule has 0 N–H and O–H groups in total. The van der Waals surface area contributed by atoms with Crippen molar-refractivity contribution in [3.8, 4) is 0 Å². The van der Waals surface area contributed by atoms with Gasteiger partial charge in [0.2, 0.25) is 0 Å². The summed E-state index contributed by atoms with van der Waals surface area (Å²) in [5.41, 5.74) is 0. The van der Waals surface area contributed by atoms with Crippen molar-refractivity contribution in [3.63, 3.8) is 0 Å². The summed E-state index contributed by atoms with van der Waals surface area (Å²) in [4.78, 5) is 0. The van der Waals surface area contributed by atoms with Gasteiger partial charge in [-0.25, -0.2) is 0 Å². The molecule has 0 aliphatic heterocycles. The Hall–Kier alpha value is 0.907. The molecule has 0 aliphatic carbocycles. The van der Waals surface area contributed by atoms with E-state index >= 15 is 0 Å². The largest absolute Gasteiger partial charge is 0.398 e. The molecule has 0 aromatic heterocycles. The van der Waals surface area contributed by atoms with Crippen LogP contribution in [-0.4, -0.2) is 27.1 Å². The highest BCUT2D eigenvalue weighted by Gasteiger charge is 2.33. The third kappa shape index (κ3) is 3.89. The van der Waals surface area contributed by atoms with Gasteiger partial charge in [0.05, 0.1) is 0 Å². The molecule has 0 amide bonds. The van der Waals surface area contributed by atoms with Gasteiger partial charge in [0.25, 0.3) is 0 Å². The van der Waals surface area contributed by atoms with E-state index < -0.39 is 8.56 Å². The van der Waals surface area contributed by atoms with Crippen molar-refractivity contribution in [1.82, 2.24) is 0 Å². The average Bonchev–Trinajstić information content (AvgIpc) is 2.04. The fourth-order valence-electron chi connectivity index (χ4n) is 0.900. The third-order valence-corrected chi connectivity index (χ3v) is 6.63. The highest BCUT2D eigenvalue weighted by molar-refractivity contribution is 9.09. The Morgan fingerprint density at radius 1 is 1.55 bits per heavy atom. The maximum Gasteiger partial charge on any atom is 0.339 e. The van der Waals surface area contributed by atoms with Crippen molar-refractivity contribution in [2.75, 3.05) is 18.5 Å². The quantitative estimate of drug-likeness (QED) is 0.541. The second-order valence-corrected chi connectivity index (χ2v) is 6.90. The van der Waals surface area contributed by atoms with Gasteiger partial charge in [-0.05, 0) is 6.04 Å². The van der Waals surface area contributed by atoms with E-state index in [9.17, 15) is 0 Å². The van der Waals surface area contributed by atoms with E-state index in [1.165, 1.54) is 0 Å². The molecule has 0 bridgehead atoms. The van der Waals surface area contributed by atoms with Crippen molar-refractivity contribution in [2.24, 2.45) is 0 Å². The first-order valence-corrected chi connectivity index (χ1v) is 7.44. The zero-order valence-electron chi connectivity index (χ0n) is 6.90. The van der Waals surface area contributed by atoms with Crippen molar-refractivity contribution >= 4 is 36.1 Å². The van der Waals surface area contributed by atoms with E-state index in [1.807, 2.05) is 0 Å². The first-order valence-electron chi connectivity index (χ1n) is 3.55. The maximum absolute atomic E-state index is 5.50. The van der Waals surface area contributed by atoms with Gasteiger partial charge in [-0.2, -0.15) is 0 Å². The molecule has 5 heteroatoms. The second kappa shape index (κ2) is 6.43. The second-order valence-electron chi connectivity index (χ2n) is 2.16. The van der Waals surface area contributed by atoms with Crippen molar-refractivity contribution in [1.29, 1.82) is 0 Å². The minimum absolute atomic E-state index is 0.237. The first-order chi connectivity index (χ1) is 5.24. The van der Waals surface area contributed by atoms with Crippen molar-refractivity contribution in [3.05, 3.63) is 0 Å². The number of rotatable bonds is 6. The summed E-state index contributed by atoms with van der Waals surface area (Å²) >= 11 is 8.86. The number of alkyl halides is 2. The SMILES string of the molecule is CC[Si](CCBr)(OC)OCCl. The lowest BCUT2D eigenvalue weighted by atomic mass is 10.9. The molecule has 0 aliphatic rings. The van der Waals surface area contributed by atoms with E-state index in [0.717, 1.165) is 17.4 Å². The molecular weight excluding hydrogens is 248 g/mol. The molecule has 0 saturated heterocycles. The fourth-order valence-corrected chi connectivity index (χ4v) is 5.11. The Balaban J connectivity index is 3.96. The minimum atomic E-state index is -1.92. The van der Waals surface area contributed by atoms with E-state index in [1.54, 1.807) is 7.11 Å². The topological polar surface area (TPSA) is 18.5 Å². The van der Waals surface area contributed by atoms with Crippen LogP contribution < -0.4 is 0 Å². The van der Waals surface area contributed by atoms with Gasteiger partial charge < -0.3 is 8.85 Å². The predicted octanol–water partition coefficient (Wildman–Crippen LogP) is 2.70. The van der Waals surface area contributed by atoms with Gasteiger partial charge in [0, 0.05) is 18.5 Å². The Labute approximate surface area is 82.6 Å². The van der Waals surface area contributed by atoms with Crippen LogP contribution in [-0.2, 0) is 8.85 Å². The van der Waals surface area contributed by atoms with Crippen LogP contribution in [0.4, 0.5) is 0 Å². The van der Waals surface area contributed by atoms with E-state index in [4.69, 9.17) is 20.5 Å². The summed E-state index contributed by atoms with van der Waals surface area (Å²) in [7, 11) is -0.223. The molecule has 0 radical (unpaired) electrons. The summed E-state index contributed by atoms with van der Waals surface area (Å²) in [6.07, 6.45) is 0. The lowest BCUT2D eigenvalue weighted by Gasteiger charge is -2.25. The molecular formula is C6H14BrClO2Si. The van der Waals surface area contributed by atoms with E-state index in [-0.39, 0.29) is 6.07 Å². The molecule has 11 heavy (non-hydrogen) atoms. The first kappa shape index (κ1) is 11.9. The summed E-state index contributed by atoms with van der Waals surface area (Å²) in [5, 5.41) is 0.914. The molecule has 1 atom stereocenters. The molecule has 0 aromatic rings. The average molecular weight is 262 g/mol. The maximum atomic E-state index is 5.50. The lowest BCUT2D eigenvalue weighted by molar-refractivity contribution is 0.233. The van der Waals surface area contributed by atoms with Crippen molar-refractivity contribution < 1.29 is 8.85 Å². The van der Waals surface area contributed by atoms with Crippen LogP contribution in [0.3, 0.4) is 0 Å². The molecule has 2 nitrogen and oxygen atoms in total. The Morgan fingerprint density at radius 2 is 2.18 bits per heavy atom. The molecule has 0 heterocycles. The molecule has 0 spiro atoms. The summed E-state index contributed by atoms with van der Waals surface area (Å²) in [6.45, 7) is 2.07. The van der Waals surface area contributed by atoms with Crippen molar-refractivity contribution in [2.45, 2.75) is 19.0 Å². The van der Waals surface area contributed by atoms with E-state index in [0.29, 0.717) is 0 Å². The van der Waals surface area contributed by atoms with Gasteiger partial charge in [-0.1, -0.05) is 34.5 Å². The Morgan fingerprint density at radius 3 is 2.45 bits per heavy atom. The minimum Gasteiger partial charge on any atom is -0.398 e. The molecule has 68 valence electrons. The van der Waals surface area contributed by atoms with Gasteiger partial charge in [0.1, 0.15) is 6.07 Å². The molecule has 1 unspecified atom stereocenters. The third-order valence-electron chi connectivity index (χ3n) is 1.70. The highest BCUT2D eigenvalue weighted by Crippen LogP contribution is 2.19. The zero-order chi connectivity index (χ0) is 8.74. The normalized spacial score (nSPS) is 16.4. The van der Waals surface area contributed by atoms with Gasteiger partial charge in [-0.3, -0.25) is 0 Å². The van der Waals surface area contributed by atoms with Gasteiger partial charge in [0.15, 0.2) is 0 Å². The zero-order valence-corrected chi connectivity index (χ0v) is 10.2. The molecule has 0 aromatic carbocycles. The summed E-state index contributed by atoms with van der Waals surface area (Å²) in [6, 6.07) is 2.13. The van der Waals surface area contributed by atoms with Crippen LogP contribution in [0.15, 0.2) is 0 Å². The number of hydrogen-bond acceptors (Lipinski definition) is 2. The van der Waals surface area contributed by atoms with Gasteiger partial charge in [-0.15, -0.1) is 0 Å². The Kier molecular flexibility index (Phi) is 6.96. The van der Waals surface area contributed by atoms with Crippen LogP contribution in [0.5, 0.6) is 0 Å². The van der Waals surface area contributed by atoms with Crippen LogP contribution in [0.25, 0.3) is 0 Å². The van der Waals surface area contributed by atoms with Crippen LogP contribution in [0.1, 0.15) is 6.92 Å². The lowest BCUT2D eigenvalue weighted by Crippen LogP contribution is -2.40. The predicted molar refractivity (Wildman–Crippen MR) is 53.7 cm³/mol. The standard InChI is InChI=1S/C6H14BrClO2Si/c1-3-11(9-2,5-4-7)10-6-8/h3-6H2,1-2H3. The Bertz CT molecular complexity index is 92.6. The van der Waals surface area contributed by atoms with Gasteiger partial charge >= 0.3 is 8.56 Å². The molecule has 0 rings (SSSR count). The van der Waals surface area contributed by atoms with E-state index in [2.05, 4.69) is 22.9 Å². The highest BCUT2D eigenvalue weighted by atomic mass is 79.9. The van der Waals surface area contributed by atoms with Crippen LogP contribution in [0.2, 0.25) is 12.1 Å². The van der Waals surface area contributed by atoms with Crippen LogP contribution >= 0.6 is 27.5 Å². The molecule has 0 fully saturated rings. The monoisotopic (exact) mass is 260 g/mol. The fraction of sp³-hybridized carbons (Fsp3) is 1.00. The molecule has 0 saturated carbocycles. The summed E-state index contributed by atoms with van der Waals surface area (Å²) < 4.78 is 10.8. The smallest absolute Gasteiger partial charge is 0.339 e. The number of hydrogen-bond donors (Lipinski definition) is 0. The number of halogens is 2.